The first kappa shape index (κ1) is 52.7. The maximum atomic E-state index is 12.7. The second-order valence-electron chi connectivity index (χ2n) is 16.1. The van der Waals surface area contributed by atoms with Crippen molar-refractivity contribution in [1.82, 2.24) is 0 Å². The lowest BCUT2D eigenvalue weighted by molar-refractivity contribution is -0.870. The van der Waals surface area contributed by atoms with Crippen molar-refractivity contribution >= 4 is 19.8 Å². The van der Waals surface area contributed by atoms with Crippen LogP contribution in [0.15, 0.2) is 60.8 Å². The summed E-state index contributed by atoms with van der Waals surface area (Å²) in [6, 6.07) is 0. The number of epoxide rings is 1. The van der Waals surface area contributed by atoms with Crippen molar-refractivity contribution in [3.8, 4) is 0 Å². The zero-order valence-corrected chi connectivity index (χ0v) is 37.4. The Morgan fingerprint density at radius 3 is 1.72 bits per heavy atom. The Kier molecular flexibility index (Phi) is 31.9. The Balaban J connectivity index is 2.35. The molecule has 1 saturated heterocycles. The van der Waals surface area contributed by atoms with E-state index in [1.54, 1.807) is 0 Å². The number of carbonyl (C=O) groups excluding carboxylic acids is 2. The zero-order valence-electron chi connectivity index (χ0n) is 36.5. The third kappa shape index (κ3) is 35.3. The second kappa shape index (κ2) is 34.5. The molecule has 0 aromatic heterocycles. The van der Waals surface area contributed by atoms with Crippen LogP contribution in [0, 0.1) is 0 Å². The van der Waals surface area contributed by atoms with Gasteiger partial charge in [-0.2, -0.15) is 0 Å². The molecule has 1 heterocycles. The van der Waals surface area contributed by atoms with E-state index in [9.17, 15) is 19.0 Å². The minimum absolute atomic E-state index is 0.0134. The number of esters is 2. The predicted molar refractivity (Wildman–Crippen MR) is 233 cm³/mol. The maximum absolute atomic E-state index is 12.7. The molecule has 0 bridgehead atoms. The molecule has 1 rings (SSSR count). The number of hydrogen-bond donors (Lipinski definition) is 1. The number of carbonyl (C=O) groups is 2. The Bertz CT molecular complexity index is 1220. The van der Waals surface area contributed by atoms with Crippen molar-refractivity contribution in [2.45, 2.75) is 173 Å². The van der Waals surface area contributed by atoms with Crippen LogP contribution in [0.3, 0.4) is 0 Å². The molecule has 3 unspecified atom stereocenters. The Morgan fingerprint density at radius 1 is 0.632 bits per heavy atom. The summed E-state index contributed by atoms with van der Waals surface area (Å²) in [5.41, 5.74) is 0. The van der Waals surface area contributed by atoms with Gasteiger partial charge in [0.1, 0.15) is 19.8 Å². The van der Waals surface area contributed by atoms with Crippen LogP contribution in [0.2, 0.25) is 0 Å². The topological polar surface area (TPSA) is 121 Å². The van der Waals surface area contributed by atoms with Crippen LogP contribution in [-0.2, 0) is 37.4 Å². The number of rotatable bonds is 38. The van der Waals surface area contributed by atoms with Gasteiger partial charge < -0.3 is 23.6 Å². The Hall–Kier alpha value is -2.33. The maximum Gasteiger partial charge on any atom is 0.472 e. The fourth-order valence-corrected chi connectivity index (χ4v) is 6.52. The molecular weight excluding hydrogens is 741 g/mol. The fourth-order valence-electron chi connectivity index (χ4n) is 5.78. The van der Waals surface area contributed by atoms with E-state index in [1.807, 2.05) is 21.1 Å². The number of hydrogen-bond acceptors (Lipinski definition) is 8. The van der Waals surface area contributed by atoms with E-state index in [0.29, 0.717) is 30.3 Å². The monoisotopic (exact) mass is 823 g/mol. The smallest absolute Gasteiger partial charge is 0.462 e. The fraction of sp³-hybridized carbons (Fsp3) is 0.739. The van der Waals surface area contributed by atoms with Gasteiger partial charge in [-0.25, -0.2) is 4.57 Å². The van der Waals surface area contributed by atoms with Crippen LogP contribution in [-0.4, -0.2) is 87.1 Å². The second-order valence-corrected chi connectivity index (χ2v) is 17.6. The predicted octanol–water partition coefficient (Wildman–Crippen LogP) is 11.5. The third-order valence-electron chi connectivity index (χ3n) is 9.42. The number of phosphoric acid groups is 1. The van der Waals surface area contributed by atoms with Crippen molar-refractivity contribution < 1.29 is 46.8 Å². The number of allylic oxidation sites excluding steroid dienone is 8. The van der Waals surface area contributed by atoms with Crippen molar-refractivity contribution in [3.63, 3.8) is 0 Å². The van der Waals surface area contributed by atoms with Crippen LogP contribution < -0.4 is 0 Å². The molecule has 0 aromatic carbocycles. The zero-order chi connectivity index (χ0) is 41.9. The average Bonchev–Trinajstić information content (AvgIpc) is 3.92. The minimum Gasteiger partial charge on any atom is -0.462 e. The van der Waals surface area contributed by atoms with Gasteiger partial charge in [-0.05, 0) is 83.5 Å². The Labute approximate surface area is 347 Å². The first-order valence-electron chi connectivity index (χ1n) is 22.1. The van der Waals surface area contributed by atoms with Gasteiger partial charge in [0.05, 0.1) is 40.0 Å². The Morgan fingerprint density at radius 2 is 1.12 bits per heavy atom. The lowest BCUT2D eigenvalue weighted by Crippen LogP contribution is -2.37. The molecule has 10 nitrogen and oxygen atoms in total. The highest BCUT2D eigenvalue weighted by Crippen LogP contribution is 2.43. The average molecular weight is 823 g/mol. The van der Waals surface area contributed by atoms with Crippen LogP contribution in [0.4, 0.5) is 0 Å². The molecule has 0 aliphatic carbocycles. The van der Waals surface area contributed by atoms with E-state index in [1.165, 1.54) is 44.9 Å². The molecule has 1 N–H and O–H groups in total. The molecular formula is C46H81NO9P+. The van der Waals surface area contributed by atoms with Gasteiger partial charge in [-0.1, -0.05) is 120 Å². The quantitative estimate of drug-likeness (QED) is 0.0162. The summed E-state index contributed by atoms with van der Waals surface area (Å²) in [6.45, 7) is 4.25. The number of phosphoric ester groups is 1. The highest BCUT2D eigenvalue weighted by atomic mass is 31.2. The number of quaternary nitrogens is 1. The summed E-state index contributed by atoms with van der Waals surface area (Å²) in [4.78, 5) is 35.4. The van der Waals surface area contributed by atoms with Crippen molar-refractivity contribution in [1.29, 1.82) is 0 Å². The summed E-state index contributed by atoms with van der Waals surface area (Å²) in [5.74, 6) is -0.893. The van der Waals surface area contributed by atoms with Crippen molar-refractivity contribution in [2.24, 2.45) is 0 Å². The molecule has 1 aliphatic heterocycles. The van der Waals surface area contributed by atoms with E-state index >= 15 is 0 Å². The van der Waals surface area contributed by atoms with Gasteiger partial charge in [0.15, 0.2) is 6.10 Å². The molecule has 0 radical (unpaired) electrons. The van der Waals surface area contributed by atoms with E-state index in [0.717, 1.165) is 64.2 Å². The van der Waals surface area contributed by atoms with Crippen LogP contribution >= 0.6 is 7.82 Å². The van der Waals surface area contributed by atoms with Crippen LogP contribution in [0.1, 0.15) is 155 Å². The van der Waals surface area contributed by atoms with E-state index in [-0.39, 0.29) is 38.3 Å². The van der Waals surface area contributed by atoms with Crippen LogP contribution in [0.25, 0.3) is 0 Å². The number of likely N-dealkylation sites (N-methyl/N-ethyl adjacent to an activating group) is 1. The summed E-state index contributed by atoms with van der Waals surface area (Å²) in [6.07, 6.45) is 42.9. The summed E-state index contributed by atoms with van der Waals surface area (Å²) >= 11 is 0. The van der Waals surface area contributed by atoms with Gasteiger partial charge >= 0.3 is 19.8 Å². The first-order valence-corrected chi connectivity index (χ1v) is 23.6. The molecule has 11 heteroatoms. The minimum atomic E-state index is -4.40. The lowest BCUT2D eigenvalue weighted by Gasteiger charge is -2.24. The highest BCUT2D eigenvalue weighted by molar-refractivity contribution is 7.47. The van der Waals surface area contributed by atoms with E-state index in [4.69, 9.17) is 23.3 Å². The molecule has 0 spiro atoms. The molecule has 1 aliphatic rings. The summed E-state index contributed by atoms with van der Waals surface area (Å²) < 4.78 is 40.0. The standard InChI is InChI=1S/C46H80NO9P/c1-6-8-10-12-14-16-17-18-19-20-21-23-25-27-32-36-45(48)52-40-42(41-54-57(50,51)53-39-38-47(3,4)5)55-46(49)37-33-29-28-31-35-44-43(56-44)34-30-26-24-22-15-13-11-9-7-2/h14-16,18-19,22,26,28,30-31,42-44H,6-13,17,20-21,23-25,27,29,32-41H2,1-5H3/p+1/b16-14-,19-18-,22-15-,30-26-,31-28-/t42-,43?,44?/m1/s1. The van der Waals surface area contributed by atoms with E-state index < -0.39 is 32.5 Å². The van der Waals surface area contributed by atoms with Crippen molar-refractivity contribution in [3.05, 3.63) is 60.8 Å². The number of nitrogens with zero attached hydrogens (tertiary/aromatic N) is 1. The largest absolute Gasteiger partial charge is 0.472 e. The normalized spacial score (nSPS) is 17.7. The number of unbranched alkanes of at least 4 members (excludes halogenated alkanes) is 12. The first-order chi connectivity index (χ1) is 27.5. The SMILES string of the molecule is CCCCC/C=C\C/C=C\CCCCCCCC(=O)OC[C@H](COP(=O)(O)OCC[N+](C)(C)C)OC(=O)CCC/C=C\CC1OC1C/C=C\C/C=C\CCCCC. The molecule has 0 amide bonds. The molecule has 328 valence electrons. The van der Waals surface area contributed by atoms with Gasteiger partial charge in [0.2, 0.25) is 0 Å². The highest BCUT2D eigenvalue weighted by Gasteiger charge is 2.36. The summed E-state index contributed by atoms with van der Waals surface area (Å²) in [5, 5.41) is 0. The number of ether oxygens (including phenoxy) is 3. The van der Waals surface area contributed by atoms with Gasteiger partial charge in [0.25, 0.3) is 0 Å². The van der Waals surface area contributed by atoms with Crippen molar-refractivity contribution in [2.75, 3.05) is 47.5 Å². The summed E-state index contributed by atoms with van der Waals surface area (Å²) in [7, 11) is 1.41. The molecule has 0 saturated carbocycles. The molecule has 4 atom stereocenters. The lowest BCUT2D eigenvalue weighted by atomic mass is 10.1. The third-order valence-corrected chi connectivity index (χ3v) is 10.4. The molecule has 57 heavy (non-hydrogen) atoms. The molecule has 1 fully saturated rings. The van der Waals surface area contributed by atoms with Gasteiger partial charge in [-0.15, -0.1) is 0 Å². The van der Waals surface area contributed by atoms with E-state index in [2.05, 4.69) is 74.6 Å². The molecule has 0 aromatic rings. The van der Waals surface area contributed by atoms with Crippen LogP contribution in [0.5, 0.6) is 0 Å². The van der Waals surface area contributed by atoms with Gasteiger partial charge in [0, 0.05) is 12.8 Å². The van der Waals surface area contributed by atoms with Gasteiger partial charge in [-0.3, -0.25) is 18.6 Å².